The Morgan fingerprint density at radius 3 is 2.73 bits per heavy atom. The van der Waals surface area contributed by atoms with Gasteiger partial charge in [-0.2, -0.15) is 0 Å². The van der Waals surface area contributed by atoms with Crippen molar-refractivity contribution < 1.29 is 4.79 Å². The average Bonchev–Trinajstić information content (AvgIpc) is 3.28. The molecule has 26 heavy (non-hydrogen) atoms. The van der Waals surface area contributed by atoms with Crippen LogP contribution in [0, 0.1) is 6.92 Å². The van der Waals surface area contributed by atoms with Crippen molar-refractivity contribution in [2.75, 3.05) is 0 Å². The molecule has 4 rings (SSSR count). The van der Waals surface area contributed by atoms with Crippen LogP contribution in [0.5, 0.6) is 0 Å². The molecule has 2 aromatic heterocycles. The predicted octanol–water partition coefficient (Wildman–Crippen LogP) is 4.99. The molecule has 0 aliphatic carbocycles. The first-order valence-corrected chi connectivity index (χ1v) is 9.53. The third-order valence-electron chi connectivity index (χ3n) is 4.46. The molecule has 0 saturated carbocycles. The van der Waals surface area contributed by atoms with E-state index in [4.69, 9.17) is 0 Å². The molecule has 0 radical (unpaired) electrons. The standard InChI is InChI=1S/C22H20N2OS/c1-16-6-4-7-17(12-16)14-23-22(25)15-24-19-9-3-2-8-18(19)13-20(24)21-10-5-11-26-21/h2-13H,14-15H2,1H3,(H,23,25). The Morgan fingerprint density at radius 1 is 1.04 bits per heavy atom. The highest BCUT2D eigenvalue weighted by molar-refractivity contribution is 7.13. The zero-order chi connectivity index (χ0) is 17.9. The monoisotopic (exact) mass is 360 g/mol. The number of nitrogens with one attached hydrogen (secondary N) is 1. The van der Waals surface area contributed by atoms with Gasteiger partial charge in [-0.15, -0.1) is 11.3 Å². The summed E-state index contributed by atoms with van der Waals surface area (Å²) in [4.78, 5) is 13.8. The average molecular weight is 360 g/mol. The summed E-state index contributed by atoms with van der Waals surface area (Å²) >= 11 is 1.69. The molecule has 4 aromatic rings. The highest BCUT2D eigenvalue weighted by atomic mass is 32.1. The summed E-state index contributed by atoms with van der Waals surface area (Å²) in [5.41, 5.74) is 4.50. The van der Waals surface area contributed by atoms with E-state index in [9.17, 15) is 4.79 Å². The van der Waals surface area contributed by atoms with Crippen molar-refractivity contribution in [2.45, 2.75) is 20.0 Å². The number of fused-ring (bicyclic) bond motifs is 1. The van der Waals surface area contributed by atoms with Crippen LogP contribution in [0.15, 0.2) is 72.1 Å². The molecular formula is C22H20N2OS. The van der Waals surface area contributed by atoms with E-state index in [0.717, 1.165) is 22.2 Å². The lowest BCUT2D eigenvalue weighted by Gasteiger charge is -2.11. The fourth-order valence-corrected chi connectivity index (χ4v) is 3.98. The second-order valence-electron chi connectivity index (χ2n) is 6.42. The summed E-state index contributed by atoms with van der Waals surface area (Å²) in [7, 11) is 0. The topological polar surface area (TPSA) is 34.0 Å². The number of hydrogen-bond acceptors (Lipinski definition) is 2. The van der Waals surface area contributed by atoms with Crippen molar-refractivity contribution in [3.63, 3.8) is 0 Å². The van der Waals surface area contributed by atoms with Crippen LogP contribution in [0.2, 0.25) is 0 Å². The van der Waals surface area contributed by atoms with Crippen LogP contribution in [-0.2, 0) is 17.9 Å². The van der Waals surface area contributed by atoms with E-state index in [1.54, 1.807) is 11.3 Å². The number of aromatic nitrogens is 1. The third-order valence-corrected chi connectivity index (χ3v) is 5.35. The highest BCUT2D eigenvalue weighted by Gasteiger charge is 2.14. The quantitative estimate of drug-likeness (QED) is 0.534. The minimum absolute atomic E-state index is 0.0191. The number of para-hydroxylation sites is 1. The van der Waals surface area contributed by atoms with E-state index in [-0.39, 0.29) is 5.91 Å². The van der Waals surface area contributed by atoms with Crippen LogP contribution in [0.25, 0.3) is 21.5 Å². The second-order valence-corrected chi connectivity index (χ2v) is 7.37. The van der Waals surface area contributed by atoms with Crippen LogP contribution < -0.4 is 5.32 Å². The first kappa shape index (κ1) is 16.6. The van der Waals surface area contributed by atoms with Gasteiger partial charge in [0.15, 0.2) is 0 Å². The van der Waals surface area contributed by atoms with Gasteiger partial charge in [0.2, 0.25) is 5.91 Å². The number of carbonyl (C=O) groups is 1. The summed E-state index contributed by atoms with van der Waals surface area (Å²) in [5, 5.41) is 6.26. The summed E-state index contributed by atoms with van der Waals surface area (Å²) < 4.78 is 2.10. The number of aryl methyl sites for hydroxylation is 1. The van der Waals surface area contributed by atoms with Crippen LogP contribution in [-0.4, -0.2) is 10.5 Å². The molecule has 0 saturated heterocycles. The Bertz CT molecular complexity index is 1050. The lowest BCUT2D eigenvalue weighted by atomic mass is 10.1. The molecule has 130 valence electrons. The zero-order valence-corrected chi connectivity index (χ0v) is 15.4. The maximum atomic E-state index is 12.6. The molecule has 0 fully saturated rings. The molecule has 0 unspecified atom stereocenters. The molecule has 3 nitrogen and oxygen atoms in total. The fourth-order valence-electron chi connectivity index (χ4n) is 3.23. The largest absolute Gasteiger partial charge is 0.350 e. The van der Waals surface area contributed by atoms with Gasteiger partial charge in [0.25, 0.3) is 0 Å². The van der Waals surface area contributed by atoms with Gasteiger partial charge in [-0.1, -0.05) is 54.1 Å². The Labute approximate surface area is 156 Å². The molecular weight excluding hydrogens is 340 g/mol. The van der Waals surface area contributed by atoms with Crippen molar-refractivity contribution in [1.29, 1.82) is 0 Å². The molecule has 2 heterocycles. The summed E-state index contributed by atoms with van der Waals surface area (Å²) in [5.74, 6) is 0.0191. The van der Waals surface area contributed by atoms with Gasteiger partial charge in [0, 0.05) is 17.4 Å². The first-order chi connectivity index (χ1) is 12.7. The number of benzene rings is 2. The molecule has 1 amide bonds. The van der Waals surface area contributed by atoms with E-state index in [1.807, 2.05) is 30.3 Å². The van der Waals surface area contributed by atoms with Gasteiger partial charge in [0.1, 0.15) is 6.54 Å². The molecule has 4 heteroatoms. The molecule has 0 bridgehead atoms. The normalized spacial score (nSPS) is 11.0. The van der Waals surface area contributed by atoms with Gasteiger partial charge < -0.3 is 9.88 Å². The van der Waals surface area contributed by atoms with E-state index in [1.165, 1.54) is 10.4 Å². The number of amides is 1. The Balaban J connectivity index is 1.58. The third kappa shape index (κ3) is 3.41. The SMILES string of the molecule is Cc1cccc(CNC(=O)Cn2c(-c3cccs3)cc3ccccc32)c1. The molecule has 0 aliphatic rings. The van der Waals surface area contributed by atoms with Crippen molar-refractivity contribution in [2.24, 2.45) is 0 Å². The number of thiophene rings is 1. The molecule has 0 atom stereocenters. The lowest BCUT2D eigenvalue weighted by Crippen LogP contribution is -2.27. The lowest BCUT2D eigenvalue weighted by molar-refractivity contribution is -0.121. The number of rotatable bonds is 5. The van der Waals surface area contributed by atoms with Gasteiger partial charge >= 0.3 is 0 Å². The van der Waals surface area contributed by atoms with Crippen LogP contribution in [0.3, 0.4) is 0 Å². The number of nitrogens with zero attached hydrogens (tertiary/aromatic N) is 1. The minimum Gasteiger partial charge on any atom is -0.350 e. The van der Waals surface area contributed by atoms with E-state index in [0.29, 0.717) is 13.1 Å². The minimum atomic E-state index is 0.0191. The van der Waals surface area contributed by atoms with Gasteiger partial charge in [-0.05, 0) is 36.1 Å². The van der Waals surface area contributed by atoms with Crippen molar-refractivity contribution in [3.05, 3.63) is 83.2 Å². The molecule has 0 spiro atoms. The van der Waals surface area contributed by atoms with E-state index in [2.05, 4.69) is 58.6 Å². The van der Waals surface area contributed by atoms with Crippen LogP contribution in [0.1, 0.15) is 11.1 Å². The molecule has 0 aliphatic heterocycles. The van der Waals surface area contributed by atoms with Crippen molar-refractivity contribution in [3.8, 4) is 10.6 Å². The highest BCUT2D eigenvalue weighted by Crippen LogP contribution is 2.31. The number of carbonyl (C=O) groups excluding carboxylic acids is 1. The maximum absolute atomic E-state index is 12.6. The van der Waals surface area contributed by atoms with Gasteiger partial charge in [-0.25, -0.2) is 0 Å². The zero-order valence-electron chi connectivity index (χ0n) is 14.6. The summed E-state index contributed by atoms with van der Waals surface area (Å²) in [6.45, 7) is 2.92. The fraction of sp³-hybridized carbons (Fsp3) is 0.136. The summed E-state index contributed by atoms with van der Waals surface area (Å²) in [6, 6.07) is 22.7. The van der Waals surface area contributed by atoms with Gasteiger partial charge in [-0.3, -0.25) is 4.79 Å². The Hall–Kier alpha value is -2.85. The summed E-state index contributed by atoms with van der Waals surface area (Å²) in [6.07, 6.45) is 0. The van der Waals surface area contributed by atoms with Crippen LogP contribution in [0.4, 0.5) is 0 Å². The second kappa shape index (κ2) is 7.18. The number of hydrogen-bond donors (Lipinski definition) is 1. The smallest absolute Gasteiger partial charge is 0.240 e. The van der Waals surface area contributed by atoms with Crippen LogP contribution >= 0.6 is 11.3 Å². The maximum Gasteiger partial charge on any atom is 0.240 e. The predicted molar refractivity (Wildman–Crippen MR) is 108 cm³/mol. The van der Waals surface area contributed by atoms with Crippen molar-refractivity contribution >= 4 is 28.1 Å². The van der Waals surface area contributed by atoms with E-state index >= 15 is 0 Å². The Kier molecular flexibility index (Phi) is 4.59. The van der Waals surface area contributed by atoms with Gasteiger partial charge in [0.05, 0.1) is 10.6 Å². The Morgan fingerprint density at radius 2 is 1.92 bits per heavy atom. The van der Waals surface area contributed by atoms with E-state index < -0.39 is 0 Å². The van der Waals surface area contributed by atoms with Crippen molar-refractivity contribution in [1.82, 2.24) is 9.88 Å². The first-order valence-electron chi connectivity index (χ1n) is 8.65. The molecule has 1 N–H and O–H groups in total. The molecule has 2 aromatic carbocycles.